The van der Waals surface area contributed by atoms with Crippen molar-refractivity contribution in [3.63, 3.8) is 0 Å². The maximum absolute atomic E-state index is 10.8. The highest BCUT2D eigenvalue weighted by Crippen LogP contribution is 2.04. The molecule has 0 aliphatic rings. The lowest BCUT2D eigenvalue weighted by Gasteiger charge is -2.07. The summed E-state index contributed by atoms with van der Waals surface area (Å²) in [7, 11) is 0. The molecule has 1 aromatic rings. The Morgan fingerprint density at radius 2 is 2.33 bits per heavy atom. The van der Waals surface area contributed by atoms with Crippen molar-refractivity contribution >= 4 is 11.7 Å². The largest absolute Gasteiger partial charge is 0.370 e. The molecular weight excluding hydrogens is 192 g/mol. The fourth-order valence-electron chi connectivity index (χ4n) is 1.10. The zero-order valence-corrected chi connectivity index (χ0v) is 8.73. The van der Waals surface area contributed by atoms with Gasteiger partial charge in [-0.2, -0.15) is 0 Å². The molecule has 0 aliphatic carbocycles. The first-order chi connectivity index (χ1) is 7.09. The van der Waals surface area contributed by atoms with Gasteiger partial charge in [0.1, 0.15) is 11.5 Å². The standard InChI is InChI=1S/C10H16N4O/c1-7(11)5-6-13-9-4-2-3-8(14-9)10(12)15/h2-4,7H,5-6,11H2,1H3,(H2,12,15)(H,13,14). The number of primary amides is 1. The van der Waals surface area contributed by atoms with Gasteiger partial charge in [-0.15, -0.1) is 0 Å². The number of nitrogens with two attached hydrogens (primary N) is 2. The molecule has 1 heterocycles. The summed E-state index contributed by atoms with van der Waals surface area (Å²) in [6.45, 7) is 2.67. The van der Waals surface area contributed by atoms with E-state index >= 15 is 0 Å². The third-order valence-electron chi connectivity index (χ3n) is 1.91. The third-order valence-corrected chi connectivity index (χ3v) is 1.91. The summed E-state index contributed by atoms with van der Waals surface area (Å²) in [5.41, 5.74) is 11.0. The molecular formula is C10H16N4O. The molecule has 5 heteroatoms. The van der Waals surface area contributed by atoms with Gasteiger partial charge in [-0.3, -0.25) is 4.79 Å². The summed E-state index contributed by atoms with van der Waals surface area (Å²) >= 11 is 0. The van der Waals surface area contributed by atoms with Crippen LogP contribution < -0.4 is 16.8 Å². The molecule has 1 rings (SSSR count). The molecule has 0 aromatic carbocycles. The first-order valence-electron chi connectivity index (χ1n) is 4.86. The van der Waals surface area contributed by atoms with Crippen LogP contribution in [0.15, 0.2) is 18.2 Å². The molecule has 1 aromatic heterocycles. The van der Waals surface area contributed by atoms with Crippen LogP contribution in [0.5, 0.6) is 0 Å². The summed E-state index contributed by atoms with van der Waals surface area (Å²) in [5.74, 6) is 0.123. The van der Waals surface area contributed by atoms with Crippen molar-refractivity contribution in [3.05, 3.63) is 23.9 Å². The summed E-state index contributed by atoms with van der Waals surface area (Å²) in [6, 6.07) is 5.25. The fraction of sp³-hybridized carbons (Fsp3) is 0.400. The molecule has 0 fully saturated rings. The first-order valence-corrected chi connectivity index (χ1v) is 4.86. The van der Waals surface area contributed by atoms with Crippen LogP contribution in [0.25, 0.3) is 0 Å². The number of nitrogens with zero attached hydrogens (tertiary/aromatic N) is 1. The van der Waals surface area contributed by atoms with Crippen LogP contribution in [0.4, 0.5) is 5.82 Å². The smallest absolute Gasteiger partial charge is 0.267 e. The number of carbonyl (C=O) groups excluding carboxylic acids is 1. The Kier molecular flexibility index (Phi) is 4.05. The van der Waals surface area contributed by atoms with Gasteiger partial charge >= 0.3 is 0 Å². The normalized spacial score (nSPS) is 12.1. The van der Waals surface area contributed by atoms with Crippen LogP contribution in [-0.2, 0) is 0 Å². The molecule has 0 saturated heterocycles. The van der Waals surface area contributed by atoms with Crippen molar-refractivity contribution in [2.45, 2.75) is 19.4 Å². The average Bonchev–Trinajstić information content (AvgIpc) is 2.17. The number of rotatable bonds is 5. The van der Waals surface area contributed by atoms with Crippen molar-refractivity contribution in [3.8, 4) is 0 Å². The van der Waals surface area contributed by atoms with E-state index in [-0.39, 0.29) is 11.7 Å². The Hall–Kier alpha value is -1.62. The Balaban J connectivity index is 2.54. The lowest BCUT2D eigenvalue weighted by atomic mass is 10.2. The molecule has 1 amide bonds. The van der Waals surface area contributed by atoms with Gasteiger partial charge in [0.25, 0.3) is 5.91 Å². The zero-order valence-electron chi connectivity index (χ0n) is 8.73. The van der Waals surface area contributed by atoms with E-state index in [0.717, 1.165) is 13.0 Å². The Bertz CT molecular complexity index is 338. The van der Waals surface area contributed by atoms with E-state index in [1.54, 1.807) is 18.2 Å². The number of nitrogens with one attached hydrogen (secondary N) is 1. The average molecular weight is 208 g/mol. The lowest BCUT2D eigenvalue weighted by Crippen LogP contribution is -2.20. The van der Waals surface area contributed by atoms with Gasteiger partial charge in [0.05, 0.1) is 0 Å². The highest BCUT2D eigenvalue weighted by atomic mass is 16.1. The SMILES string of the molecule is CC(N)CCNc1cccc(C(N)=O)n1. The molecule has 5 nitrogen and oxygen atoms in total. The molecule has 0 aliphatic heterocycles. The summed E-state index contributed by atoms with van der Waals surface area (Å²) < 4.78 is 0. The van der Waals surface area contributed by atoms with Gasteiger partial charge in [-0.25, -0.2) is 4.98 Å². The minimum Gasteiger partial charge on any atom is -0.370 e. The molecule has 82 valence electrons. The predicted octanol–water partition coefficient (Wildman–Crippen LogP) is 0.330. The highest BCUT2D eigenvalue weighted by molar-refractivity contribution is 5.91. The van der Waals surface area contributed by atoms with E-state index in [0.29, 0.717) is 5.82 Å². The van der Waals surface area contributed by atoms with Gasteiger partial charge in [0.2, 0.25) is 0 Å². The van der Waals surface area contributed by atoms with Crippen LogP contribution in [0.3, 0.4) is 0 Å². The quantitative estimate of drug-likeness (QED) is 0.650. The summed E-state index contributed by atoms with van der Waals surface area (Å²) in [6.07, 6.45) is 0.850. The van der Waals surface area contributed by atoms with Crippen molar-refractivity contribution in [1.29, 1.82) is 0 Å². The van der Waals surface area contributed by atoms with E-state index in [1.165, 1.54) is 0 Å². The van der Waals surface area contributed by atoms with Crippen LogP contribution in [0.1, 0.15) is 23.8 Å². The van der Waals surface area contributed by atoms with E-state index in [4.69, 9.17) is 11.5 Å². The lowest BCUT2D eigenvalue weighted by molar-refractivity contribution is 0.0995. The minimum atomic E-state index is -0.522. The highest BCUT2D eigenvalue weighted by Gasteiger charge is 2.02. The molecule has 0 spiro atoms. The van der Waals surface area contributed by atoms with Gasteiger partial charge < -0.3 is 16.8 Å². The number of aromatic nitrogens is 1. The van der Waals surface area contributed by atoms with Gasteiger partial charge in [0.15, 0.2) is 0 Å². The second-order valence-corrected chi connectivity index (χ2v) is 3.47. The minimum absolute atomic E-state index is 0.150. The van der Waals surface area contributed by atoms with Gasteiger partial charge in [0, 0.05) is 12.6 Å². The number of hydrogen-bond donors (Lipinski definition) is 3. The Morgan fingerprint density at radius 1 is 1.60 bits per heavy atom. The summed E-state index contributed by atoms with van der Waals surface area (Å²) in [5, 5.41) is 3.07. The number of carbonyl (C=O) groups is 1. The second kappa shape index (κ2) is 5.31. The number of pyridine rings is 1. The maximum atomic E-state index is 10.8. The molecule has 15 heavy (non-hydrogen) atoms. The second-order valence-electron chi connectivity index (χ2n) is 3.47. The molecule has 0 radical (unpaired) electrons. The Labute approximate surface area is 88.9 Å². The maximum Gasteiger partial charge on any atom is 0.267 e. The molecule has 5 N–H and O–H groups in total. The van der Waals surface area contributed by atoms with E-state index in [2.05, 4.69) is 10.3 Å². The van der Waals surface area contributed by atoms with E-state index in [9.17, 15) is 4.79 Å². The molecule has 0 bridgehead atoms. The van der Waals surface area contributed by atoms with Crippen LogP contribution in [0, 0.1) is 0 Å². The van der Waals surface area contributed by atoms with Crippen LogP contribution in [-0.4, -0.2) is 23.5 Å². The number of hydrogen-bond acceptors (Lipinski definition) is 4. The predicted molar refractivity (Wildman–Crippen MR) is 59.5 cm³/mol. The number of amides is 1. The van der Waals surface area contributed by atoms with E-state index < -0.39 is 5.91 Å². The topological polar surface area (TPSA) is 94.0 Å². The van der Waals surface area contributed by atoms with Crippen LogP contribution >= 0.6 is 0 Å². The first kappa shape index (κ1) is 11.5. The zero-order chi connectivity index (χ0) is 11.3. The van der Waals surface area contributed by atoms with Crippen molar-refractivity contribution in [2.75, 3.05) is 11.9 Å². The van der Waals surface area contributed by atoms with Crippen molar-refractivity contribution in [2.24, 2.45) is 11.5 Å². The fourth-order valence-corrected chi connectivity index (χ4v) is 1.10. The molecule has 0 saturated carbocycles. The number of anilines is 1. The third kappa shape index (κ3) is 3.95. The molecule has 1 unspecified atom stereocenters. The van der Waals surface area contributed by atoms with Gasteiger partial charge in [-0.1, -0.05) is 6.07 Å². The monoisotopic (exact) mass is 208 g/mol. The van der Waals surface area contributed by atoms with Crippen molar-refractivity contribution in [1.82, 2.24) is 4.98 Å². The van der Waals surface area contributed by atoms with Crippen molar-refractivity contribution < 1.29 is 4.79 Å². The van der Waals surface area contributed by atoms with Crippen LogP contribution in [0.2, 0.25) is 0 Å². The summed E-state index contributed by atoms with van der Waals surface area (Å²) in [4.78, 5) is 14.9. The Morgan fingerprint density at radius 3 is 2.93 bits per heavy atom. The van der Waals surface area contributed by atoms with E-state index in [1.807, 2.05) is 6.92 Å². The molecule has 1 atom stereocenters. The van der Waals surface area contributed by atoms with Gasteiger partial charge in [-0.05, 0) is 25.5 Å².